The zero-order valence-corrected chi connectivity index (χ0v) is 19.8. The highest BCUT2D eigenvalue weighted by atomic mass is 127. The van der Waals surface area contributed by atoms with Crippen LogP contribution in [0.3, 0.4) is 0 Å². The first kappa shape index (κ1) is 24.9. The Labute approximate surface area is 173 Å². The molecule has 1 fully saturated rings. The number of aliphatic imine (C=N–C) groups is 1. The molecule has 1 aliphatic rings. The molecule has 0 spiro atoms. The number of hydrogen-bond donors (Lipinski definition) is 1. The largest absolute Gasteiger partial charge is 0.379 e. The maximum atomic E-state index is 5.65. The molecule has 2 atom stereocenters. The number of guanidine groups is 1. The summed E-state index contributed by atoms with van der Waals surface area (Å²) in [6, 6.07) is 0. The topological polar surface area (TPSA) is 40.1 Å². The van der Waals surface area contributed by atoms with Crippen molar-refractivity contribution in [3.8, 4) is 0 Å². The lowest BCUT2D eigenvalue weighted by Gasteiger charge is -2.29. The Morgan fingerprint density at radius 2 is 1.92 bits per heavy atom. The summed E-state index contributed by atoms with van der Waals surface area (Å²) in [7, 11) is 1.79. The molecule has 0 aromatic carbocycles. The Bertz CT molecular complexity index is 380. The smallest absolute Gasteiger partial charge is 0.194 e. The molecule has 5 nitrogen and oxygen atoms in total. The normalized spacial score (nSPS) is 19.9. The van der Waals surface area contributed by atoms with E-state index >= 15 is 0 Å². The average molecular weight is 468 g/mol. The second-order valence-corrected chi connectivity index (χ2v) is 7.87. The SMILES string of the molecule is CCNC(=NCC(OC)C(C)(C)C)N1CCC(CN(CC)CC)C1.I. The molecule has 1 aliphatic heterocycles. The molecule has 0 aliphatic carbocycles. The molecular formula is C19H41IN4O. The molecule has 0 aromatic heterocycles. The van der Waals surface area contributed by atoms with Crippen LogP contribution in [0.15, 0.2) is 4.99 Å². The zero-order valence-electron chi connectivity index (χ0n) is 17.5. The lowest BCUT2D eigenvalue weighted by Crippen LogP contribution is -2.42. The monoisotopic (exact) mass is 468 g/mol. The molecule has 1 heterocycles. The van der Waals surface area contributed by atoms with Crippen LogP contribution in [-0.2, 0) is 4.74 Å². The van der Waals surface area contributed by atoms with Crippen molar-refractivity contribution >= 4 is 29.9 Å². The Morgan fingerprint density at radius 1 is 1.28 bits per heavy atom. The maximum Gasteiger partial charge on any atom is 0.194 e. The van der Waals surface area contributed by atoms with Gasteiger partial charge >= 0.3 is 0 Å². The minimum atomic E-state index is 0. The standard InChI is InChI=1S/C19H40N4O.HI/c1-8-20-18(21-13-17(24-7)19(4,5)6)23-12-11-16(15-23)14-22(9-2)10-3;/h16-17H,8-15H2,1-7H3,(H,20,21);1H. The second kappa shape index (κ2) is 12.3. The fourth-order valence-electron chi connectivity index (χ4n) is 3.32. The van der Waals surface area contributed by atoms with Crippen molar-refractivity contribution in [3.05, 3.63) is 0 Å². The molecular weight excluding hydrogens is 427 g/mol. The highest BCUT2D eigenvalue weighted by Crippen LogP contribution is 2.22. The highest BCUT2D eigenvalue weighted by molar-refractivity contribution is 14.0. The Kier molecular flexibility index (Phi) is 12.3. The fraction of sp³-hybridized carbons (Fsp3) is 0.947. The molecule has 0 amide bonds. The number of rotatable bonds is 8. The highest BCUT2D eigenvalue weighted by Gasteiger charge is 2.27. The lowest BCUT2D eigenvalue weighted by atomic mass is 9.89. The van der Waals surface area contributed by atoms with E-state index in [9.17, 15) is 0 Å². The van der Waals surface area contributed by atoms with Gasteiger partial charge in [-0.2, -0.15) is 0 Å². The first-order valence-corrected chi connectivity index (χ1v) is 9.64. The predicted octanol–water partition coefficient (Wildman–Crippen LogP) is 3.29. The van der Waals surface area contributed by atoms with E-state index in [-0.39, 0.29) is 35.5 Å². The average Bonchev–Trinajstić information content (AvgIpc) is 2.99. The summed E-state index contributed by atoms with van der Waals surface area (Å²) in [5, 5.41) is 3.46. The predicted molar refractivity (Wildman–Crippen MR) is 119 cm³/mol. The van der Waals surface area contributed by atoms with E-state index in [1.165, 1.54) is 13.0 Å². The molecule has 0 radical (unpaired) electrons. The van der Waals surface area contributed by atoms with Gasteiger partial charge in [-0.05, 0) is 37.8 Å². The summed E-state index contributed by atoms with van der Waals surface area (Å²) in [4.78, 5) is 9.83. The van der Waals surface area contributed by atoms with Gasteiger partial charge in [0.15, 0.2) is 5.96 Å². The van der Waals surface area contributed by atoms with Gasteiger partial charge in [0.2, 0.25) is 0 Å². The van der Waals surface area contributed by atoms with E-state index in [1.807, 2.05) is 0 Å². The molecule has 0 saturated carbocycles. The molecule has 25 heavy (non-hydrogen) atoms. The summed E-state index contributed by atoms with van der Waals surface area (Å²) >= 11 is 0. The van der Waals surface area contributed by atoms with Crippen molar-refractivity contribution in [2.75, 3.05) is 52.9 Å². The van der Waals surface area contributed by atoms with Crippen LogP contribution in [0.5, 0.6) is 0 Å². The van der Waals surface area contributed by atoms with Gasteiger partial charge in [-0.25, -0.2) is 0 Å². The van der Waals surface area contributed by atoms with Gasteiger partial charge in [-0.15, -0.1) is 24.0 Å². The van der Waals surface area contributed by atoms with Crippen molar-refractivity contribution in [1.82, 2.24) is 15.1 Å². The van der Waals surface area contributed by atoms with Gasteiger partial charge in [0.1, 0.15) is 0 Å². The number of halogens is 1. The van der Waals surface area contributed by atoms with Crippen LogP contribution in [0.4, 0.5) is 0 Å². The Morgan fingerprint density at radius 3 is 2.40 bits per heavy atom. The molecule has 0 aromatic rings. The van der Waals surface area contributed by atoms with Crippen LogP contribution in [0.2, 0.25) is 0 Å². The summed E-state index contributed by atoms with van der Waals surface area (Å²) in [5.41, 5.74) is 0.103. The molecule has 0 bridgehead atoms. The number of nitrogens with zero attached hydrogens (tertiary/aromatic N) is 3. The fourth-order valence-corrected chi connectivity index (χ4v) is 3.32. The number of methoxy groups -OCH3 is 1. The van der Waals surface area contributed by atoms with E-state index in [0.717, 1.165) is 44.6 Å². The van der Waals surface area contributed by atoms with Crippen LogP contribution in [-0.4, -0.2) is 74.8 Å². The molecule has 1 N–H and O–H groups in total. The van der Waals surface area contributed by atoms with Crippen LogP contribution in [0.25, 0.3) is 0 Å². The van der Waals surface area contributed by atoms with E-state index in [2.05, 4.69) is 56.7 Å². The third kappa shape index (κ3) is 8.43. The molecule has 6 heteroatoms. The molecule has 1 rings (SSSR count). The number of hydrogen-bond acceptors (Lipinski definition) is 3. The van der Waals surface area contributed by atoms with Crippen LogP contribution in [0.1, 0.15) is 48.0 Å². The van der Waals surface area contributed by atoms with E-state index < -0.39 is 0 Å². The van der Waals surface area contributed by atoms with Gasteiger partial charge in [-0.3, -0.25) is 4.99 Å². The third-order valence-electron chi connectivity index (χ3n) is 4.99. The van der Waals surface area contributed by atoms with Gasteiger partial charge in [-0.1, -0.05) is 34.6 Å². The summed E-state index contributed by atoms with van der Waals surface area (Å²) in [5.74, 6) is 1.79. The van der Waals surface area contributed by atoms with Crippen molar-refractivity contribution in [1.29, 1.82) is 0 Å². The van der Waals surface area contributed by atoms with Crippen molar-refractivity contribution in [3.63, 3.8) is 0 Å². The first-order chi connectivity index (χ1) is 11.3. The van der Waals surface area contributed by atoms with Crippen molar-refractivity contribution in [2.45, 2.75) is 54.1 Å². The minimum Gasteiger partial charge on any atom is -0.379 e. The summed E-state index contributed by atoms with van der Waals surface area (Å²) in [6.07, 6.45) is 1.40. The first-order valence-electron chi connectivity index (χ1n) is 9.64. The van der Waals surface area contributed by atoms with E-state index in [0.29, 0.717) is 6.54 Å². The number of likely N-dealkylation sites (tertiary alicyclic amines) is 1. The van der Waals surface area contributed by atoms with E-state index in [4.69, 9.17) is 9.73 Å². The van der Waals surface area contributed by atoms with Crippen LogP contribution in [0, 0.1) is 11.3 Å². The number of nitrogens with one attached hydrogen (secondary N) is 1. The van der Waals surface area contributed by atoms with Gasteiger partial charge in [0, 0.05) is 33.3 Å². The molecule has 2 unspecified atom stereocenters. The van der Waals surface area contributed by atoms with Gasteiger partial charge in [0.25, 0.3) is 0 Å². The minimum absolute atomic E-state index is 0. The number of ether oxygens (including phenoxy) is 1. The van der Waals surface area contributed by atoms with Crippen molar-refractivity contribution < 1.29 is 4.74 Å². The molecule has 150 valence electrons. The molecule has 1 saturated heterocycles. The van der Waals surface area contributed by atoms with Crippen LogP contribution >= 0.6 is 24.0 Å². The van der Waals surface area contributed by atoms with E-state index in [1.54, 1.807) is 7.11 Å². The second-order valence-electron chi connectivity index (χ2n) is 7.87. The van der Waals surface area contributed by atoms with Gasteiger partial charge in [0.05, 0.1) is 12.6 Å². The Balaban J connectivity index is 0.00000576. The third-order valence-corrected chi connectivity index (χ3v) is 4.99. The quantitative estimate of drug-likeness (QED) is 0.337. The lowest BCUT2D eigenvalue weighted by molar-refractivity contribution is 0.0240. The maximum absolute atomic E-state index is 5.65. The van der Waals surface area contributed by atoms with Crippen LogP contribution < -0.4 is 5.32 Å². The van der Waals surface area contributed by atoms with Gasteiger partial charge < -0.3 is 19.9 Å². The Hall–Kier alpha value is -0.0800. The summed E-state index contributed by atoms with van der Waals surface area (Å²) < 4.78 is 5.65. The summed E-state index contributed by atoms with van der Waals surface area (Å²) in [6.45, 7) is 20.6. The van der Waals surface area contributed by atoms with Crippen molar-refractivity contribution in [2.24, 2.45) is 16.3 Å². The zero-order chi connectivity index (χ0) is 18.2.